The number of rotatable bonds is 2. The standard InChI is InChI=1S/C23H30O4/c1-26-18-11-9-17(10-12-18)19-22(13-7-4-8-14-22)20(24)23(21(25)27-19)15-5-2-3-6-16-23/h9-12,19H,2-8,13-16H2,1H3. The fourth-order valence-electron chi connectivity index (χ4n) is 5.62. The molecule has 0 aromatic heterocycles. The van der Waals surface area contributed by atoms with Crippen LogP contribution in [-0.2, 0) is 14.3 Å². The van der Waals surface area contributed by atoms with Gasteiger partial charge in [0.05, 0.1) is 12.5 Å². The summed E-state index contributed by atoms with van der Waals surface area (Å²) in [5.41, 5.74) is -0.523. The van der Waals surface area contributed by atoms with Gasteiger partial charge in [0.25, 0.3) is 0 Å². The molecule has 4 heteroatoms. The lowest BCUT2D eigenvalue weighted by Gasteiger charge is -2.51. The van der Waals surface area contributed by atoms with Crippen molar-refractivity contribution in [3.05, 3.63) is 29.8 Å². The minimum Gasteiger partial charge on any atom is -0.497 e. The smallest absolute Gasteiger partial charge is 0.320 e. The zero-order valence-electron chi connectivity index (χ0n) is 16.3. The summed E-state index contributed by atoms with van der Waals surface area (Å²) in [5.74, 6) is 0.685. The van der Waals surface area contributed by atoms with E-state index in [4.69, 9.17) is 9.47 Å². The minimum atomic E-state index is -0.892. The molecule has 2 aliphatic carbocycles. The molecule has 1 aromatic carbocycles. The summed E-state index contributed by atoms with van der Waals surface area (Å²) >= 11 is 0. The highest BCUT2D eigenvalue weighted by atomic mass is 16.5. The van der Waals surface area contributed by atoms with Crippen molar-refractivity contribution in [1.29, 1.82) is 0 Å². The van der Waals surface area contributed by atoms with E-state index in [-0.39, 0.29) is 11.8 Å². The van der Waals surface area contributed by atoms with E-state index in [0.29, 0.717) is 12.8 Å². The zero-order chi connectivity index (χ0) is 18.9. The molecule has 2 saturated carbocycles. The Kier molecular flexibility index (Phi) is 5.00. The number of hydrogen-bond donors (Lipinski definition) is 0. The van der Waals surface area contributed by atoms with Crippen molar-refractivity contribution in [2.75, 3.05) is 7.11 Å². The van der Waals surface area contributed by atoms with Gasteiger partial charge in [0, 0.05) is 0 Å². The van der Waals surface area contributed by atoms with Gasteiger partial charge in [-0.2, -0.15) is 0 Å². The van der Waals surface area contributed by atoms with Crippen LogP contribution in [-0.4, -0.2) is 18.9 Å². The van der Waals surface area contributed by atoms with Gasteiger partial charge in [-0.25, -0.2) is 0 Å². The van der Waals surface area contributed by atoms with Crippen LogP contribution in [0.2, 0.25) is 0 Å². The van der Waals surface area contributed by atoms with Crippen LogP contribution in [0.4, 0.5) is 0 Å². The predicted octanol–water partition coefficient (Wildman–Crippen LogP) is 5.15. The lowest BCUT2D eigenvalue weighted by Crippen LogP contribution is -2.57. The molecule has 1 aromatic rings. The monoisotopic (exact) mass is 370 g/mol. The van der Waals surface area contributed by atoms with Gasteiger partial charge in [-0.05, 0) is 43.4 Å². The number of carbonyl (C=O) groups excluding carboxylic acids is 2. The first kappa shape index (κ1) is 18.5. The van der Waals surface area contributed by atoms with E-state index >= 15 is 0 Å². The highest BCUT2D eigenvalue weighted by molar-refractivity contribution is 6.08. The van der Waals surface area contributed by atoms with Crippen LogP contribution < -0.4 is 4.74 Å². The first-order chi connectivity index (χ1) is 13.1. The number of carbonyl (C=O) groups is 2. The van der Waals surface area contributed by atoms with E-state index in [9.17, 15) is 9.59 Å². The van der Waals surface area contributed by atoms with E-state index in [1.54, 1.807) is 7.11 Å². The normalized spacial score (nSPS) is 27.2. The zero-order valence-corrected chi connectivity index (χ0v) is 16.3. The van der Waals surface area contributed by atoms with Crippen LogP contribution in [0.15, 0.2) is 24.3 Å². The molecule has 1 saturated heterocycles. The van der Waals surface area contributed by atoms with Crippen molar-refractivity contribution in [2.45, 2.75) is 76.7 Å². The molecule has 4 nitrogen and oxygen atoms in total. The molecule has 3 fully saturated rings. The lowest BCUT2D eigenvalue weighted by atomic mass is 9.56. The highest BCUT2D eigenvalue weighted by Crippen LogP contribution is 2.58. The molecule has 1 atom stereocenters. The van der Waals surface area contributed by atoms with Gasteiger partial charge in [0.15, 0.2) is 5.78 Å². The molecular weight excluding hydrogens is 340 g/mol. The Morgan fingerprint density at radius 1 is 0.852 bits per heavy atom. The third kappa shape index (κ3) is 2.97. The fourth-order valence-corrected chi connectivity index (χ4v) is 5.62. The first-order valence-electron chi connectivity index (χ1n) is 10.5. The summed E-state index contributed by atoms with van der Waals surface area (Å²) in [5, 5.41) is 0. The summed E-state index contributed by atoms with van der Waals surface area (Å²) in [6.07, 6.45) is 9.88. The molecule has 0 radical (unpaired) electrons. The summed E-state index contributed by atoms with van der Waals surface area (Å²) < 4.78 is 11.4. The third-order valence-electron chi connectivity index (χ3n) is 7.13. The predicted molar refractivity (Wildman–Crippen MR) is 102 cm³/mol. The Balaban J connectivity index is 1.75. The summed E-state index contributed by atoms with van der Waals surface area (Å²) in [4.78, 5) is 27.2. The second kappa shape index (κ2) is 7.29. The number of esters is 1. The van der Waals surface area contributed by atoms with Crippen molar-refractivity contribution >= 4 is 11.8 Å². The molecule has 1 aliphatic heterocycles. The van der Waals surface area contributed by atoms with E-state index < -0.39 is 16.9 Å². The van der Waals surface area contributed by atoms with Crippen molar-refractivity contribution in [3.8, 4) is 5.75 Å². The van der Waals surface area contributed by atoms with Crippen LogP contribution >= 0.6 is 0 Å². The number of ether oxygens (including phenoxy) is 2. The second-order valence-electron chi connectivity index (χ2n) is 8.60. The van der Waals surface area contributed by atoms with Gasteiger partial charge >= 0.3 is 5.97 Å². The van der Waals surface area contributed by atoms with Crippen LogP contribution in [0, 0.1) is 10.8 Å². The van der Waals surface area contributed by atoms with Crippen LogP contribution in [0.5, 0.6) is 5.75 Å². The average molecular weight is 370 g/mol. The molecule has 2 spiro atoms. The van der Waals surface area contributed by atoms with E-state index in [0.717, 1.165) is 69.1 Å². The molecule has 27 heavy (non-hydrogen) atoms. The SMILES string of the molecule is COc1ccc(C2OC(=O)C3(CCCCCC3)C(=O)C23CCCCC3)cc1. The van der Waals surface area contributed by atoms with Crippen molar-refractivity contribution in [1.82, 2.24) is 0 Å². The van der Waals surface area contributed by atoms with E-state index in [2.05, 4.69) is 0 Å². The number of benzene rings is 1. The van der Waals surface area contributed by atoms with Gasteiger partial charge in [-0.1, -0.05) is 57.1 Å². The Labute approximate surface area is 161 Å². The molecule has 0 bridgehead atoms. The second-order valence-corrected chi connectivity index (χ2v) is 8.60. The van der Waals surface area contributed by atoms with Gasteiger partial charge in [0.1, 0.15) is 17.3 Å². The van der Waals surface area contributed by atoms with Gasteiger partial charge in [0.2, 0.25) is 0 Å². The summed E-state index contributed by atoms with van der Waals surface area (Å²) in [6, 6.07) is 7.68. The molecule has 0 N–H and O–H groups in total. The number of cyclic esters (lactones) is 1. The number of hydrogen-bond acceptors (Lipinski definition) is 4. The van der Waals surface area contributed by atoms with Gasteiger partial charge in [-0.3, -0.25) is 9.59 Å². The van der Waals surface area contributed by atoms with Gasteiger partial charge in [-0.15, -0.1) is 0 Å². The summed E-state index contributed by atoms with van der Waals surface area (Å²) in [6.45, 7) is 0. The largest absolute Gasteiger partial charge is 0.497 e. The molecule has 1 heterocycles. The summed E-state index contributed by atoms with van der Waals surface area (Å²) in [7, 11) is 1.64. The lowest BCUT2D eigenvalue weighted by molar-refractivity contribution is -0.196. The Bertz CT molecular complexity index is 692. The van der Waals surface area contributed by atoms with Crippen LogP contribution in [0.3, 0.4) is 0 Å². The molecular formula is C23H30O4. The molecule has 4 rings (SSSR count). The molecule has 3 aliphatic rings. The van der Waals surface area contributed by atoms with Gasteiger partial charge < -0.3 is 9.47 Å². The third-order valence-corrected chi connectivity index (χ3v) is 7.13. The quantitative estimate of drug-likeness (QED) is 0.533. The van der Waals surface area contributed by atoms with Crippen molar-refractivity contribution in [3.63, 3.8) is 0 Å². The highest BCUT2D eigenvalue weighted by Gasteiger charge is 2.63. The maximum atomic E-state index is 14.0. The number of methoxy groups -OCH3 is 1. The number of Topliss-reactive ketones (excluding diaryl/α,β-unsaturated/α-hetero) is 1. The number of ketones is 1. The first-order valence-corrected chi connectivity index (χ1v) is 10.5. The minimum absolute atomic E-state index is 0.189. The van der Waals surface area contributed by atoms with E-state index in [1.165, 1.54) is 0 Å². The Hall–Kier alpha value is -1.84. The van der Waals surface area contributed by atoms with Crippen molar-refractivity contribution < 1.29 is 19.1 Å². The van der Waals surface area contributed by atoms with Crippen LogP contribution in [0.1, 0.15) is 82.3 Å². The van der Waals surface area contributed by atoms with Crippen LogP contribution in [0.25, 0.3) is 0 Å². The molecule has 146 valence electrons. The van der Waals surface area contributed by atoms with Crippen molar-refractivity contribution in [2.24, 2.45) is 10.8 Å². The maximum Gasteiger partial charge on any atom is 0.320 e. The average Bonchev–Trinajstić information content (AvgIpc) is 2.98. The topological polar surface area (TPSA) is 52.6 Å². The fraction of sp³-hybridized carbons (Fsp3) is 0.652. The Morgan fingerprint density at radius 3 is 2.00 bits per heavy atom. The maximum absolute atomic E-state index is 14.0. The molecule has 0 amide bonds. The molecule has 1 unspecified atom stereocenters. The van der Waals surface area contributed by atoms with E-state index in [1.807, 2.05) is 24.3 Å². The Morgan fingerprint density at radius 2 is 1.41 bits per heavy atom.